The zero-order valence-corrected chi connectivity index (χ0v) is 19.7. The molecule has 1 fully saturated rings. The summed E-state index contributed by atoms with van der Waals surface area (Å²) in [5.41, 5.74) is 5.67. The van der Waals surface area contributed by atoms with Crippen molar-refractivity contribution >= 4 is 39.8 Å². The highest BCUT2D eigenvalue weighted by Gasteiger charge is 2.23. The molecule has 1 saturated heterocycles. The van der Waals surface area contributed by atoms with Crippen LogP contribution >= 0.6 is 23.1 Å². The van der Waals surface area contributed by atoms with E-state index in [1.807, 2.05) is 30.3 Å². The number of nitrogens with two attached hydrogens (primary N) is 1. The molecule has 0 spiro atoms. The van der Waals surface area contributed by atoms with Gasteiger partial charge in [0.25, 0.3) is 5.56 Å². The van der Waals surface area contributed by atoms with E-state index in [0.29, 0.717) is 17.6 Å². The van der Waals surface area contributed by atoms with E-state index in [9.17, 15) is 14.4 Å². The Hall–Kier alpha value is -2.96. The predicted octanol–water partition coefficient (Wildman–Crippen LogP) is 1.32. The Kier molecular flexibility index (Phi) is 7.26. The molecule has 0 radical (unpaired) electrons. The van der Waals surface area contributed by atoms with Crippen LogP contribution in [0.15, 0.2) is 44.3 Å². The zero-order valence-electron chi connectivity index (χ0n) is 18.1. The lowest BCUT2D eigenvalue weighted by Gasteiger charge is -2.25. The highest BCUT2D eigenvalue weighted by atomic mass is 32.2. The molecule has 12 heteroatoms. The van der Waals surface area contributed by atoms with Crippen LogP contribution in [0.5, 0.6) is 0 Å². The average Bonchev–Trinajstić information content (AvgIpc) is 3.31. The maximum atomic E-state index is 13.1. The average molecular weight is 489 g/mol. The molecule has 33 heavy (non-hydrogen) atoms. The molecule has 1 aliphatic rings. The Morgan fingerprint density at radius 2 is 1.88 bits per heavy atom. The summed E-state index contributed by atoms with van der Waals surface area (Å²) in [6.45, 7) is 4.76. The van der Waals surface area contributed by atoms with Crippen LogP contribution in [0.2, 0.25) is 0 Å². The second-order valence-electron chi connectivity index (χ2n) is 7.33. The number of anilines is 2. The summed E-state index contributed by atoms with van der Waals surface area (Å²) in [6, 6.07) is 9.27. The number of aromatic nitrogens is 4. The molecule has 10 nitrogen and oxygen atoms in total. The first kappa shape index (κ1) is 23.2. The SMILES string of the molecule is CCn1c(=O)c(C(=O)CSc2nnc(N3CCOCC3)s2)c(N)n(Cc2ccccc2)c1=O. The Balaban J connectivity index is 1.57. The van der Waals surface area contributed by atoms with Gasteiger partial charge < -0.3 is 15.4 Å². The maximum Gasteiger partial charge on any atom is 0.332 e. The molecule has 3 aromatic rings. The highest BCUT2D eigenvalue weighted by Crippen LogP contribution is 2.29. The normalized spacial score (nSPS) is 13.9. The first-order chi connectivity index (χ1) is 16.0. The van der Waals surface area contributed by atoms with Crippen molar-refractivity contribution in [3.63, 3.8) is 0 Å². The number of carbonyl (C=O) groups is 1. The number of thioether (sulfide) groups is 1. The number of nitrogens with zero attached hydrogens (tertiary/aromatic N) is 5. The minimum Gasteiger partial charge on any atom is -0.384 e. The fourth-order valence-corrected chi connectivity index (χ4v) is 5.28. The van der Waals surface area contributed by atoms with Crippen molar-refractivity contribution in [1.29, 1.82) is 0 Å². The number of carbonyl (C=O) groups excluding carboxylic acids is 1. The van der Waals surface area contributed by atoms with E-state index in [-0.39, 0.29) is 30.2 Å². The molecular formula is C21H24N6O4S2. The van der Waals surface area contributed by atoms with E-state index in [1.165, 1.54) is 27.7 Å². The molecule has 0 saturated carbocycles. The molecule has 4 rings (SSSR count). The van der Waals surface area contributed by atoms with E-state index in [1.54, 1.807) is 6.92 Å². The van der Waals surface area contributed by atoms with Crippen molar-refractivity contribution in [2.75, 3.05) is 42.7 Å². The van der Waals surface area contributed by atoms with Crippen molar-refractivity contribution < 1.29 is 9.53 Å². The lowest BCUT2D eigenvalue weighted by molar-refractivity contribution is 0.102. The van der Waals surface area contributed by atoms with Crippen LogP contribution in [0, 0.1) is 0 Å². The summed E-state index contributed by atoms with van der Waals surface area (Å²) >= 11 is 2.59. The summed E-state index contributed by atoms with van der Waals surface area (Å²) in [7, 11) is 0. The summed E-state index contributed by atoms with van der Waals surface area (Å²) in [5, 5.41) is 9.12. The van der Waals surface area contributed by atoms with Crippen LogP contribution in [0.25, 0.3) is 0 Å². The predicted molar refractivity (Wildman–Crippen MR) is 129 cm³/mol. The van der Waals surface area contributed by atoms with Gasteiger partial charge in [-0.05, 0) is 12.5 Å². The topological polar surface area (TPSA) is 125 Å². The Bertz CT molecular complexity index is 1250. The molecule has 0 unspecified atom stereocenters. The summed E-state index contributed by atoms with van der Waals surface area (Å²) in [5.74, 6) is -0.602. The van der Waals surface area contributed by atoms with Gasteiger partial charge in [-0.3, -0.25) is 18.7 Å². The van der Waals surface area contributed by atoms with Gasteiger partial charge in [-0.1, -0.05) is 53.4 Å². The van der Waals surface area contributed by atoms with E-state index in [2.05, 4.69) is 15.1 Å². The quantitative estimate of drug-likeness (QED) is 0.369. The van der Waals surface area contributed by atoms with Crippen molar-refractivity contribution in [3.05, 3.63) is 62.3 Å². The van der Waals surface area contributed by atoms with Gasteiger partial charge in [-0.2, -0.15) is 0 Å². The number of morpholine rings is 1. The fourth-order valence-electron chi connectivity index (χ4n) is 3.52. The molecule has 2 N–H and O–H groups in total. The van der Waals surface area contributed by atoms with E-state index in [0.717, 1.165) is 28.4 Å². The maximum absolute atomic E-state index is 13.1. The van der Waals surface area contributed by atoms with Gasteiger partial charge in [-0.15, -0.1) is 10.2 Å². The second kappa shape index (κ2) is 10.3. The van der Waals surface area contributed by atoms with Crippen LogP contribution < -0.4 is 21.9 Å². The van der Waals surface area contributed by atoms with Crippen molar-refractivity contribution in [3.8, 4) is 0 Å². The summed E-state index contributed by atoms with van der Waals surface area (Å²) in [6.07, 6.45) is 0. The fraction of sp³-hybridized carbons (Fsp3) is 0.381. The van der Waals surface area contributed by atoms with E-state index < -0.39 is 17.0 Å². The van der Waals surface area contributed by atoms with Crippen molar-refractivity contribution in [2.24, 2.45) is 0 Å². The van der Waals surface area contributed by atoms with Gasteiger partial charge in [0.1, 0.15) is 11.4 Å². The zero-order chi connectivity index (χ0) is 23.4. The first-order valence-electron chi connectivity index (χ1n) is 10.5. The van der Waals surface area contributed by atoms with Gasteiger partial charge in [0.15, 0.2) is 10.1 Å². The Morgan fingerprint density at radius 3 is 2.58 bits per heavy atom. The number of rotatable bonds is 8. The Labute approximate surface area is 198 Å². The first-order valence-corrected chi connectivity index (χ1v) is 12.3. The molecule has 0 amide bonds. The monoisotopic (exact) mass is 488 g/mol. The van der Waals surface area contributed by atoms with Crippen LogP contribution in [0.3, 0.4) is 0 Å². The van der Waals surface area contributed by atoms with Crippen LogP contribution in [0.1, 0.15) is 22.8 Å². The smallest absolute Gasteiger partial charge is 0.332 e. The van der Waals surface area contributed by atoms with E-state index >= 15 is 0 Å². The summed E-state index contributed by atoms with van der Waals surface area (Å²) in [4.78, 5) is 40.9. The molecule has 174 valence electrons. The molecule has 0 bridgehead atoms. The van der Waals surface area contributed by atoms with Crippen LogP contribution in [0.4, 0.5) is 10.9 Å². The van der Waals surface area contributed by atoms with E-state index in [4.69, 9.17) is 10.5 Å². The van der Waals surface area contributed by atoms with Gasteiger partial charge in [-0.25, -0.2) is 4.79 Å². The third kappa shape index (κ3) is 5.02. The Morgan fingerprint density at radius 1 is 1.15 bits per heavy atom. The third-order valence-corrected chi connectivity index (χ3v) is 7.37. The minimum absolute atomic E-state index is 0.0373. The number of hydrogen-bond acceptors (Lipinski definition) is 10. The van der Waals surface area contributed by atoms with Gasteiger partial charge in [0.05, 0.1) is 25.5 Å². The summed E-state index contributed by atoms with van der Waals surface area (Å²) < 4.78 is 8.29. The number of hydrogen-bond donors (Lipinski definition) is 1. The molecule has 1 aliphatic heterocycles. The lowest BCUT2D eigenvalue weighted by atomic mass is 10.2. The number of ketones is 1. The second-order valence-corrected chi connectivity index (χ2v) is 9.50. The van der Waals surface area contributed by atoms with Crippen molar-refractivity contribution in [2.45, 2.75) is 24.4 Å². The third-order valence-electron chi connectivity index (χ3n) is 5.25. The molecule has 2 aromatic heterocycles. The van der Waals surface area contributed by atoms with Gasteiger partial charge >= 0.3 is 5.69 Å². The highest BCUT2D eigenvalue weighted by molar-refractivity contribution is 8.01. The van der Waals surface area contributed by atoms with Crippen LogP contribution in [-0.4, -0.2) is 57.2 Å². The molecule has 0 atom stereocenters. The van der Waals surface area contributed by atoms with Gasteiger partial charge in [0, 0.05) is 19.6 Å². The van der Waals surface area contributed by atoms with Crippen LogP contribution in [-0.2, 0) is 17.8 Å². The molecule has 0 aliphatic carbocycles. The number of nitrogen functional groups attached to an aromatic ring is 1. The number of benzene rings is 1. The number of Topliss-reactive ketones (excluding diaryl/α,β-unsaturated/α-hetero) is 1. The van der Waals surface area contributed by atoms with Crippen molar-refractivity contribution in [1.82, 2.24) is 19.3 Å². The van der Waals surface area contributed by atoms with Gasteiger partial charge in [0.2, 0.25) is 5.13 Å². The molecule has 3 heterocycles. The largest absolute Gasteiger partial charge is 0.384 e. The lowest BCUT2D eigenvalue weighted by Crippen LogP contribution is -2.44. The molecule has 1 aromatic carbocycles. The minimum atomic E-state index is -0.666. The number of ether oxygens (including phenoxy) is 1. The molecular weight excluding hydrogens is 464 g/mol. The standard InChI is InChI=1S/C21H24N6O4S2/c1-2-26-18(29)16(17(22)27(21(26)30)12-14-6-4-3-5-7-14)15(28)13-32-20-24-23-19(33-20)25-8-10-31-11-9-25/h3-7H,2,8-13,22H2,1H3.